The average molecular weight is 1020 g/mol. The molecular formula is C67H120O6. The van der Waals surface area contributed by atoms with Crippen LogP contribution < -0.4 is 0 Å². The number of allylic oxidation sites excluding steroid dienone is 10. The molecule has 6 heteroatoms. The molecule has 0 N–H and O–H groups in total. The highest BCUT2D eigenvalue weighted by Crippen LogP contribution is 2.16. The molecule has 0 aromatic heterocycles. The Kier molecular flexibility index (Phi) is 59.2. The maximum Gasteiger partial charge on any atom is 0.306 e. The number of ether oxygens (including phenoxy) is 3. The summed E-state index contributed by atoms with van der Waals surface area (Å²) in [5, 5.41) is 0. The number of carbonyl (C=O) groups excluding carboxylic acids is 3. The van der Waals surface area contributed by atoms with Crippen LogP contribution in [0.1, 0.15) is 329 Å². The van der Waals surface area contributed by atoms with Gasteiger partial charge in [-0.2, -0.15) is 0 Å². The highest BCUT2D eigenvalue weighted by molar-refractivity contribution is 5.71. The summed E-state index contributed by atoms with van der Waals surface area (Å²) in [6.07, 6.45) is 77.9. The lowest BCUT2D eigenvalue weighted by atomic mass is 10.1. The number of esters is 3. The Morgan fingerprint density at radius 2 is 0.493 bits per heavy atom. The van der Waals surface area contributed by atoms with Crippen molar-refractivity contribution in [2.24, 2.45) is 0 Å². The van der Waals surface area contributed by atoms with Gasteiger partial charge >= 0.3 is 17.9 Å². The van der Waals surface area contributed by atoms with Gasteiger partial charge in [0.25, 0.3) is 0 Å². The van der Waals surface area contributed by atoms with Gasteiger partial charge in [0.15, 0.2) is 6.10 Å². The van der Waals surface area contributed by atoms with Crippen LogP contribution in [0.25, 0.3) is 0 Å². The van der Waals surface area contributed by atoms with Gasteiger partial charge in [0.1, 0.15) is 13.2 Å². The molecule has 0 saturated heterocycles. The minimum atomic E-state index is -0.786. The predicted molar refractivity (Wildman–Crippen MR) is 316 cm³/mol. The van der Waals surface area contributed by atoms with Crippen molar-refractivity contribution in [1.82, 2.24) is 0 Å². The molecule has 0 radical (unpaired) electrons. The quantitative estimate of drug-likeness (QED) is 0.0261. The maximum absolute atomic E-state index is 12.9. The van der Waals surface area contributed by atoms with Crippen LogP contribution in [0.4, 0.5) is 0 Å². The number of unbranched alkanes of at least 4 members (excludes halogenated alkanes) is 37. The molecule has 0 aromatic rings. The molecule has 1 unspecified atom stereocenters. The second-order valence-corrected chi connectivity index (χ2v) is 21.3. The lowest BCUT2D eigenvalue weighted by Gasteiger charge is -2.18. The zero-order valence-corrected chi connectivity index (χ0v) is 48.7. The van der Waals surface area contributed by atoms with Crippen LogP contribution in [0.5, 0.6) is 0 Å². The Hall–Kier alpha value is -2.89. The summed E-state index contributed by atoms with van der Waals surface area (Å²) in [5.41, 5.74) is 0. The molecule has 0 aromatic carbocycles. The van der Waals surface area contributed by atoms with E-state index >= 15 is 0 Å². The van der Waals surface area contributed by atoms with Crippen LogP contribution in [0.2, 0.25) is 0 Å². The fraction of sp³-hybridized carbons (Fsp3) is 0.806. The highest BCUT2D eigenvalue weighted by atomic mass is 16.6. The molecule has 6 nitrogen and oxygen atoms in total. The lowest BCUT2D eigenvalue weighted by Crippen LogP contribution is -2.30. The topological polar surface area (TPSA) is 78.9 Å². The maximum atomic E-state index is 12.9. The molecule has 424 valence electrons. The van der Waals surface area contributed by atoms with Gasteiger partial charge in [0, 0.05) is 19.3 Å². The van der Waals surface area contributed by atoms with Gasteiger partial charge in [-0.15, -0.1) is 0 Å². The van der Waals surface area contributed by atoms with E-state index < -0.39 is 6.10 Å². The van der Waals surface area contributed by atoms with Crippen molar-refractivity contribution < 1.29 is 28.6 Å². The second kappa shape index (κ2) is 61.7. The van der Waals surface area contributed by atoms with E-state index in [2.05, 4.69) is 81.5 Å². The molecule has 0 heterocycles. The summed E-state index contributed by atoms with van der Waals surface area (Å²) in [5.74, 6) is -0.890. The standard InChI is InChI=1S/C67H120O6/c1-4-7-10-13-16-19-22-25-28-31-32-33-34-35-36-37-40-42-45-48-51-54-57-60-66(69)72-63-64(73-67(70)61-58-55-52-49-46-43-39-30-27-24-21-18-15-12-9-6-3)62-71-65(68)59-56-53-50-47-44-41-38-29-26-23-20-17-14-11-8-5-2/h22,25,29-32,34-35,38-39,64H,4-21,23-24,26-28,33,36-37,40-63H2,1-3H3/b25-22-,32-31-,35-34-,38-29-,39-30-. The monoisotopic (exact) mass is 1020 g/mol. The van der Waals surface area contributed by atoms with Gasteiger partial charge in [0.05, 0.1) is 0 Å². The van der Waals surface area contributed by atoms with E-state index in [1.54, 1.807) is 0 Å². The molecule has 0 aliphatic heterocycles. The van der Waals surface area contributed by atoms with Crippen molar-refractivity contribution in [2.75, 3.05) is 13.2 Å². The smallest absolute Gasteiger partial charge is 0.306 e. The Morgan fingerprint density at radius 3 is 0.781 bits per heavy atom. The SMILES string of the molecule is CCCCCCC/C=C\C/C=C\C/C=C\CCCCCCCCCCC(=O)OCC(COC(=O)CCCCCCC/C=C\CCCCCCCCC)OC(=O)CCCCCCC/C=C\CCCCCCCCC. The third-order valence-corrected chi connectivity index (χ3v) is 14.0. The Morgan fingerprint density at radius 1 is 0.274 bits per heavy atom. The molecule has 0 amide bonds. The lowest BCUT2D eigenvalue weighted by molar-refractivity contribution is -0.167. The molecule has 73 heavy (non-hydrogen) atoms. The van der Waals surface area contributed by atoms with Crippen molar-refractivity contribution >= 4 is 17.9 Å². The van der Waals surface area contributed by atoms with E-state index in [9.17, 15) is 14.4 Å². The van der Waals surface area contributed by atoms with Gasteiger partial charge in [-0.05, 0) is 109 Å². The summed E-state index contributed by atoms with van der Waals surface area (Å²) in [6, 6.07) is 0. The molecule has 1 atom stereocenters. The molecule has 0 fully saturated rings. The molecular weight excluding hydrogens is 901 g/mol. The first-order chi connectivity index (χ1) is 36.0. The largest absolute Gasteiger partial charge is 0.462 e. The van der Waals surface area contributed by atoms with E-state index in [0.717, 1.165) is 96.3 Å². The zero-order valence-electron chi connectivity index (χ0n) is 48.7. The minimum Gasteiger partial charge on any atom is -0.462 e. The van der Waals surface area contributed by atoms with Crippen LogP contribution in [0.15, 0.2) is 60.8 Å². The molecule has 0 aliphatic rings. The van der Waals surface area contributed by atoms with Crippen molar-refractivity contribution in [1.29, 1.82) is 0 Å². The van der Waals surface area contributed by atoms with E-state index in [1.165, 1.54) is 193 Å². The third-order valence-electron chi connectivity index (χ3n) is 14.0. The first-order valence-electron chi connectivity index (χ1n) is 31.8. The van der Waals surface area contributed by atoms with Crippen LogP contribution >= 0.6 is 0 Å². The van der Waals surface area contributed by atoms with Crippen molar-refractivity contribution in [3.05, 3.63) is 60.8 Å². The summed E-state index contributed by atoms with van der Waals surface area (Å²) in [7, 11) is 0. The van der Waals surface area contributed by atoms with Crippen LogP contribution in [0.3, 0.4) is 0 Å². The van der Waals surface area contributed by atoms with Crippen LogP contribution in [0, 0.1) is 0 Å². The minimum absolute atomic E-state index is 0.0827. The van der Waals surface area contributed by atoms with E-state index in [4.69, 9.17) is 14.2 Å². The normalized spacial score (nSPS) is 12.4. The highest BCUT2D eigenvalue weighted by Gasteiger charge is 2.19. The number of hydrogen-bond donors (Lipinski definition) is 0. The molecule has 0 spiro atoms. The Balaban J connectivity index is 4.37. The molecule has 0 aliphatic carbocycles. The van der Waals surface area contributed by atoms with Gasteiger partial charge in [-0.1, -0.05) is 261 Å². The molecule has 0 rings (SSSR count). The van der Waals surface area contributed by atoms with Crippen molar-refractivity contribution in [3.8, 4) is 0 Å². The first kappa shape index (κ1) is 70.1. The number of carbonyl (C=O) groups is 3. The number of hydrogen-bond acceptors (Lipinski definition) is 6. The van der Waals surface area contributed by atoms with E-state index in [1.807, 2.05) is 0 Å². The summed E-state index contributed by atoms with van der Waals surface area (Å²) < 4.78 is 16.9. The van der Waals surface area contributed by atoms with Crippen LogP contribution in [-0.2, 0) is 28.6 Å². The van der Waals surface area contributed by atoms with Gasteiger partial charge in [-0.25, -0.2) is 0 Å². The van der Waals surface area contributed by atoms with Crippen molar-refractivity contribution in [3.63, 3.8) is 0 Å². The fourth-order valence-electron chi connectivity index (χ4n) is 9.15. The van der Waals surface area contributed by atoms with Crippen LogP contribution in [-0.4, -0.2) is 37.2 Å². The van der Waals surface area contributed by atoms with E-state index in [0.29, 0.717) is 19.3 Å². The molecule has 0 saturated carbocycles. The number of rotatable bonds is 58. The van der Waals surface area contributed by atoms with Crippen molar-refractivity contribution in [2.45, 2.75) is 335 Å². The summed E-state index contributed by atoms with van der Waals surface area (Å²) in [4.78, 5) is 38.3. The van der Waals surface area contributed by atoms with Gasteiger partial charge in [0.2, 0.25) is 0 Å². The average Bonchev–Trinajstić information content (AvgIpc) is 3.39. The Bertz CT molecular complexity index is 1310. The van der Waals surface area contributed by atoms with E-state index in [-0.39, 0.29) is 31.1 Å². The summed E-state index contributed by atoms with van der Waals surface area (Å²) >= 11 is 0. The predicted octanol–water partition coefficient (Wildman–Crippen LogP) is 21.6. The zero-order chi connectivity index (χ0) is 52.9. The third kappa shape index (κ3) is 59.9. The van der Waals surface area contributed by atoms with Gasteiger partial charge < -0.3 is 14.2 Å². The first-order valence-corrected chi connectivity index (χ1v) is 31.8. The van der Waals surface area contributed by atoms with Gasteiger partial charge in [-0.3, -0.25) is 14.4 Å². The second-order valence-electron chi connectivity index (χ2n) is 21.3. The fourth-order valence-corrected chi connectivity index (χ4v) is 9.15. The summed E-state index contributed by atoms with van der Waals surface area (Å²) in [6.45, 7) is 6.64. The Labute approximate surface area is 453 Å². The molecule has 0 bridgehead atoms.